The molecule has 0 aliphatic carbocycles. The highest BCUT2D eigenvalue weighted by atomic mass is 32.1. The molecule has 0 saturated heterocycles. The first-order valence-corrected chi connectivity index (χ1v) is 24.2. The molecular weight excluding hydrogens is 837 g/mol. The van der Waals surface area contributed by atoms with E-state index in [1.54, 1.807) is 39.4 Å². The zero-order valence-electron chi connectivity index (χ0n) is 34.5. The first-order valence-electron chi connectivity index (χ1n) is 21.1. The van der Waals surface area contributed by atoms with E-state index in [0.717, 1.165) is 0 Å². The minimum atomic E-state index is 1.18. The molecule has 0 N–H and O–H groups in total. The predicted molar refractivity (Wildman–Crippen MR) is 282 cm³/mol. The van der Waals surface area contributed by atoms with E-state index in [9.17, 15) is 0 Å². The van der Waals surface area contributed by atoms with Gasteiger partial charge >= 0.3 is 0 Å². The molecule has 0 unspecified atom stereocenters. The largest absolute Gasteiger partial charge is 0.151 e. The van der Waals surface area contributed by atoms with Gasteiger partial charge in [0.15, 0.2) is 0 Å². The van der Waals surface area contributed by atoms with Crippen LogP contribution in [0, 0.1) is 0 Å². The Morgan fingerprint density at radius 3 is 1.24 bits per heavy atom. The number of allylic oxidation sites excluding steroid dienone is 3. The van der Waals surface area contributed by atoms with Crippen molar-refractivity contribution in [2.24, 2.45) is 0 Å². The highest BCUT2D eigenvalue weighted by Gasteiger charge is 2.27. The van der Waals surface area contributed by atoms with Crippen molar-refractivity contribution in [1.82, 2.24) is 0 Å². The Morgan fingerprint density at radius 2 is 0.778 bits per heavy atom. The van der Waals surface area contributed by atoms with Crippen LogP contribution < -0.4 is 0 Å². The number of thiophene rings is 3. The third-order valence-electron chi connectivity index (χ3n) is 12.1. The molecule has 4 heteroatoms. The topological polar surface area (TPSA) is 0 Å². The lowest BCUT2D eigenvalue weighted by Crippen LogP contribution is -1.98. The van der Waals surface area contributed by atoms with Crippen LogP contribution in [-0.2, 0) is 0 Å². The summed E-state index contributed by atoms with van der Waals surface area (Å²) in [6.45, 7) is 2.19. The van der Waals surface area contributed by atoms with Gasteiger partial charge in [-0.3, -0.25) is 0 Å². The Morgan fingerprint density at radius 1 is 0.381 bits per heavy atom. The van der Waals surface area contributed by atoms with Gasteiger partial charge in [0.25, 0.3) is 0 Å². The molecule has 0 amide bonds. The highest BCUT2D eigenvalue weighted by molar-refractivity contribution is 7.83. The van der Waals surface area contributed by atoms with E-state index >= 15 is 0 Å². The van der Waals surface area contributed by atoms with E-state index in [1.807, 2.05) is 6.08 Å². The molecular formula is C59H40S4. The lowest BCUT2D eigenvalue weighted by Gasteiger charge is -2.26. The van der Waals surface area contributed by atoms with Crippen molar-refractivity contribution in [3.8, 4) is 75.8 Å². The van der Waals surface area contributed by atoms with E-state index in [0.29, 0.717) is 0 Å². The van der Waals surface area contributed by atoms with Gasteiger partial charge in [0.2, 0.25) is 0 Å². The third-order valence-corrected chi connectivity index (χ3v) is 15.1. The summed E-state index contributed by atoms with van der Waals surface area (Å²) in [5.74, 6) is 0. The molecule has 0 fully saturated rings. The van der Waals surface area contributed by atoms with Crippen LogP contribution in [0.15, 0.2) is 216 Å². The number of hydrogen-bond acceptors (Lipinski definition) is 4. The number of benzene rings is 8. The molecule has 11 rings (SSSR count). The molecule has 0 aliphatic heterocycles. The second-order valence-electron chi connectivity index (χ2n) is 15.8. The Labute approximate surface area is 385 Å². The maximum absolute atomic E-state index is 4.39. The van der Waals surface area contributed by atoms with E-state index in [-0.39, 0.29) is 0 Å². The van der Waals surface area contributed by atoms with Gasteiger partial charge < -0.3 is 0 Å². The van der Waals surface area contributed by atoms with Gasteiger partial charge in [-0.25, -0.2) is 0 Å². The summed E-state index contributed by atoms with van der Waals surface area (Å²) in [5, 5.41) is 15.7. The van der Waals surface area contributed by atoms with Crippen molar-refractivity contribution < 1.29 is 0 Å². The zero-order chi connectivity index (χ0) is 42.3. The molecule has 0 bridgehead atoms. The van der Waals surface area contributed by atoms with Crippen molar-refractivity contribution in [3.05, 3.63) is 221 Å². The third kappa shape index (κ3) is 7.19. The van der Waals surface area contributed by atoms with Gasteiger partial charge in [0.05, 0.1) is 0 Å². The summed E-state index contributed by atoms with van der Waals surface area (Å²) in [5.41, 5.74) is 15.7. The van der Waals surface area contributed by atoms with E-state index in [4.69, 9.17) is 0 Å². The van der Waals surface area contributed by atoms with Crippen LogP contribution in [0.4, 0.5) is 0 Å². The number of hydrogen-bond donors (Lipinski definition) is 1. The van der Waals surface area contributed by atoms with Crippen LogP contribution in [0.25, 0.3) is 114 Å². The maximum atomic E-state index is 4.39. The Hall–Kier alpha value is -6.53. The number of thiol groups is 1. The molecule has 0 saturated carbocycles. The number of rotatable bonds is 9. The molecule has 0 nitrogen and oxygen atoms in total. The fourth-order valence-electron chi connectivity index (χ4n) is 9.25. The Balaban J connectivity index is 1.39. The minimum absolute atomic E-state index is 1.18. The van der Waals surface area contributed by atoms with Gasteiger partial charge in [-0.05, 0) is 163 Å². The van der Waals surface area contributed by atoms with Gasteiger partial charge in [0.1, 0.15) is 0 Å². The summed E-state index contributed by atoms with van der Waals surface area (Å²) in [6.07, 6.45) is 4.15. The molecule has 0 aliphatic rings. The van der Waals surface area contributed by atoms with Crippen molar-refractivity contribution in [2.45, 2.75) is 6.92 Å². The van der Waals surface area contributed by atoms with Crippen LogP contribution in [0.2, 0.25) is 0 Å². The fourth-order valence-corrected chi connectivity index (χ4v) is 11.5. The van der Waals surface area contributed by atoms with Gasteiger partial charge in [0, 0.05) is 14.6 Å². The molecule has 300 valence electrons. The molecule has 11 aromatic rings. The first-order chi connectivity index (χ1) is 31.1. The summed E-state index contributed by atoms with van der Waals surface area (Å²) in [4.78, 5) is 3.79. The predicted octanol–water partition coefficient (Wildman–Crippen LogP) is 18.8. The first kappa shape index (κ1) is 39.3. The molecule has 0 radical (unpaired) electrons. The second-order valence-corrected chi connectivity index (χ2v) is 18.9. The average Bonchev–Trinajstić information content (AvgIpc) is 4.19. The van der Waals surface area contributed by atoms with E-state index in [2.05, 4.69) is 224 Å². The normalized spacial score (nSPS) is 12.0. The minimum Gasteiger partial charge on any atom is -0.151 e. The monoisotopic (exact) mass is 876 g/mol. The van der Waals surface area contributed by atoms with Crippen LogP contribution >= 0.6 is 46.6 Å². The average molecular weight is 877 g/mol. The van der Waals surface area contributed by atoms with Gasteiger partial charge in [-0.15, -0.1) is 34.0 Å². The molecule has 0 spiro atoms. The van der Waals surface area contributed by atoms with Crippen LogP contribution in [-0.4, -0.2) is 0 Å². The summed E-state index contributed by atoms with van der Waals surface area (Å²) in [6, 6.07) is 68.1. The molecule has 63 heavy (non-hydrogen) atoms. The number of fused-ring (bicyclic) bond motifs is 3. The van der Waals surface area contributed by atoms with Crippen molar-refractivity contribution >= 4 is 84.5 Å². The molecule has 0 atom stereocenters. The fraction of sp³-hybridized carbons (Fsp3) is 0.0169. The highest BCUT2D eigenvalue weighted by Crippen LogP contribution is 2.54. The van der Waals surface area contributed by atoms with Crippen molar-refractivity contribution in [2.75, 3.05) is 0 Å². The van der Waals surface area contributed by atoms with E-state index < -0.39 is 0 Å². The standard InChI is InChI=1S/C59H40S4/c1-38(12-8-32-60)45-28-30-47-49(36-45)56(41-13-4-2-5-14-41)58-55(44-26-22-40(23-27-44)52-18-10-34-62-52)48-31-29-46(53-19-11-35-63-53)37-50(48)57(42-15-6-3-7-16-42)59(58)54(47)43-24-20-39(21-25-43)51-17-9-33-61-51/h2-37,60H,1H3/b32-8-,38-12+. The van der Waals surface area contributed by atoms with E-state index in [1.165, 1.54) is 119 Å². The smallest absolute Gasteiger partial charge is 0.0342 e. The van der Waals surface area contributed by atoms with Gasteiger partial charge in [-0.2, -0.15) is 12.6 Å². The van der Waals surface area contributed by atoms with Gasteiger partial charge in [-0.1, -0.05) is 164 Å². The van der Waals surface area contributed by atoms with Crippen molar-refractivity contribution in [3.63, 3.8) is 0 Å². The lowest BCUT2D eigenvalue weighted by molar-refractivity contribution is 1.59. The Bertz CT molecular complexity index is 3450. The Kier molecular flexibility index (Phi) is 10.6. The van der Waals surface area contributed by atoms with Crippen LogP contribution in [0.3, 0.4) is 0 Å². The van der Waals surface area contributed by atoms with Crippen LogP contribution in [0.5, 0.6) is 0 Å². The zero-order valence-corrected chi connectivity index (χ0v) is 37.8. The lowest BCUT2D eigenvalue weighted by atomic mass is 9.77. The SMILES string of the molecule is C/C(=C\C=C/S)c1ccc2c(-c3ccc(-c4cccs4)cc3)c3c(-c4ccccc4)c4cc(-c5cccs5)ccc4c(-c4ccc(-c5cccs5)cc4)c3c(-c3ccccc3)c2c1. The molecule has 3 heterocycles. The molecule has 8 aromatic carbocycles. The summed E-state index contributed by atoms with van der Waals surface area (Å²) < 4.78 is 0. The van der Waals surface area contributed by atoms with Crippen molar-refractivity contribution in [1.29, 1.82) is 0 Å². The summed E-state index contributed by atoms with van der Waals surface area (Å²) >= 11 is 9.74. The van der Waals surface area contributed by atoms with Crippen LogP contribution in [0.1, 0.15) is 12.5 Å². The quantitative estimate of drug-likeness (QED) is 0.0834. The second kappa shape index (κ2) is 17.0. The summed E-state index contributed by atoms with van der Waals surface area (Å²) in [7, 11) is 0. The maximum Gasteiger partial charge on any atom is 0.0342 e. The molecule has 3 aromatic heterocycles.